The highest BCUT2D eigenvalue weighted by Crippen LogP contribution is 2.32. The summed E-state index contributed by atoms with van der Waals surface area (Å²) in [6, 6.07) is 8.35. The maximum Gasteiger partial charge on any atom is 0.329 e. The first kappa shape index (κ1) is 19.3. The normalized spacial score (nSPS) is 22.3. The van der Waals surface area contributed by atoms with Crippen molar-refractivity contribution in [3.05, 3.63) is 54.3 Å². The van der Waals surface area contributed by atoms with Crippen LogP contribution in [0.1, 0.15) is 6.42 Å². The van der Waals surface area contributed by atoms with Crippen molar-refractivity contribution in [1.82, 2.24) is 9.62 Å². The van der Waals surface area contributed by atoms with E-state index in [-0.39, 0.29) is 17.1 Å². The number of benzene rings is 2. The third-order valence-corrected chi connectivity index (χ3v) is 6.98. The number of imide groups is 1. The van der Waals surface area contributed by atoms with Crippen LogP contribution in [0.5, 0.6) is 5.75 Å². The molecule has 2 fully saturated rings. The van der Waals surface area contributed by atoms with Crippen molar-refractivity contribution < 1.29 is 27.1 Å². The highest BCUT2D eigenvalue weighted by atomic mass is 32.2. The fourth-order valence-corrected chi connectivity index (χ4v) is 5.29. The predicted octanol–water partition coefficient (Wildman–Crippen LogP) is 1.72. The number of nitrogens with one attached hydrogen (secondary N) is 1. The molecule has 3 amide bonds. The van der Waals surface area contributed by atoms with Crippen LogP contribution in [0.2, 0.25) is 0 Å². The van der Waals surface area contributed by atoms with E-state index in [4.69, 9.17) is 4.74 Å². The standard InChI is InChI=1S/C19H18FN3O5S/c1-28-14-6-8-15(9-7-14)29(26,27)22-11-10-16-17(22)18(24)23(19(25)21-16)13-4-2-12(20)3-5-13/h2-9,16-17H,10-11H2,1H3,(H,21,25). The Balaban J connectivity index is 1.68. The van der Waals surface area contributed by atoms with Crippen molar-refractivity contribution in [3.63, 3.8) is 0 Å². The van der Waals surface area contributed by atoms with Crippen molar-refractivity contribution >= 4 is 27.6 Å². The number of methoxy groups -OCH3 is 1. The number of anilines is 1. The van der Waals surface area contributed by atoms with Gasteiger partial charge >= 0.3 is 6.03 Å². The first-order chi connectivity index (χ1) is 13.8. The molecule has 0 saturated carbocycles. The van der Waals surface area contributed by atoms with Gasteiger partial charge in [-0.05, 0) is 55.0 Å². The molecule has 0 bridgehead atoms. The SMILES string of the molecule is COc1ccc(S(=O)(=O)N2CCC3NC(=O)N(c4ccc(F)cc4)C(=O)C32)cc1. The van der Waals surface area contributed by atoms with Gasteiger partial charge < -0.3 is 10.1 Å². The molecule has 2 aromatic carbocycles. The Morgan fingerprint density at radius 2 is 1.72 bits per heavy atom. The van der Waals surface area contributed by atoms with Gasteiger partial charge in [-0.15, -0.1) is 0 Å². The minimum absolute atomic E-state index is 0.0250. The minimum Gasteiger partial charge on any atom is -0.497 e. The summed E-state index contributed by atoms with van der Waals surface area (Å²) in [5, 5.41) is 2.69. The number of urea groups is 1. The van der Waals surface area contributed by atoms with Gasteiger partial charge in [0.2, 0.25) is 10.0 Å². The van der Waals surface area contributed by atoms with E-state index in [0.717, 1.165) is 21.3 Å². The molecular formula is C19H18FN3O5S. The molecule has 4 rings (SSSR count). The van der Waals surface area contributed by atoms with Crippen molar-refractivity contribution in [1.29, 1.82) is 0 Å². The zero-order valence-corrected chi connectivity index (χ0v) is 16.2. The smallest absolute Gasteiger partial charge is 0.329 e. The molecule has 2 aliphatic rings. The number of fused-ring (bicyclic) bond motifs is 1. The molecule has 0 radical (unpaired) electrons. The van der Waals surface area contributed by atoms with E-state index in [2.05, 4.69) is 5.32 Å². The molecule has 2 aromatic rings. The van der Waals surface area contributed by atoms with Gasteiger partial charge in [0.05, 0.1) is 23.7 Å². The Bertz CT molecular complexity index is 1060. The van der Waals surface area contributed by atoms with Gasteiger partial charge in [0.15, 0.2) is 0 Å². The highest BCUT2D eigenvalue weighted by molar-refractivity contribution is 7.89. The predicted molar refractivity (Wildman–Crippen MR) is 101 cm³/mol. The van der Waals surface area contributed by atoms with E-state index >= 15 is 0 Å². The number of carbonyl (C=O) groups is 2. The first-order valence-corrected chi connectivity index (χ1v) is 10.3. The van der Waals surface area contributed by atoms with E-state index in [1.54, 1.807) is 0 Å². The van der Waals surface area contributed by atoms with Crippen LogP contribution in [0.15, 0.2) is 53.4 Å². The van der Waals surface area contributed by atoms with E-state index in [1.807, 2.05) is 0 Å². The van der Waals surface area contributed by atoms with E-state index in [0.29, 0.717) is 12.2 Å². The second-order valence-electron chi connectivity index (χ2n) is 6.73. The lowest BCUT2D eigenvalue weighted by Gasteiger charge is -2.36. The topological polar surface area (TPSA) is 96.0 Å². The molecule has 2 aliphatic heterocycles. The number of sulfonamides is 1. The Morgan fingerprint density at radius 1 is 1.07 bits per heavy atom. The van der Waals surface area contributed by atoms with Crippen LogP contribution in [0, 0.1) is 5.82 Å². The van der Waals surface area contributed by atoms with E-state index < -0.39 is 39.9 Å². The Kier molecular flexibility index (Phi) is 4.75. The van der Waals surface area contributed by atoms with E-state index in [9.17, 15) is 22.4 Å². The van der Waals surface area contributed by atoms with Crippen LogP contribution in [0.4, 0.5) is 14.9 Å². The molecule has 152 valence electrons. The second-order valence-corrected chi connectivity index (χ2v) is 8.62. The zero-order chi connectivity index (χ0) is 20.8. The molecular weight excluding hydrogens is 401 g/mol. The molecule has 2 unspecified atom stereocenters. The number of halogens is 1. The average molecular weight is 419 g/mol. The van der Waals surface area contributed by atoms with Crippen LogP contribution in [-0.2, 0) is 14.8 Å². The van der Waals surface area contributed by atoms with Gasteiger partial charge in [0.25, 0.3) is 5.91 Å². The number of nitrogens with zero attached hydrogens (tertiary/aromatic N) is 2. The van der Waals surface area contributed by atoms with Crippen LogP contribution in [0.3, 0.4) is 0 Å². The van der Waals surface area contributed by atoms with Crippen LogP contribution < -0.4 is 15.0 Å². The number of amides is 3. The highest BCUT2D eigenvalue weighted by Gasteiger charge is 2.52. The summed E-state index contributed by atoms with van der Waals surface area (Å²) in [5.74, 6) is -0.673. The van der Waals surface area contributed by atoms with Gasteiger partial charge in [-0.1, -0.05) is 0 Å². The van der Waals surface area contributed by atoms with Crippen molar-refractivity contribution in [2.45, 2.75) is 23.4 Å². The summed E-state index contributed by atoms with van der Waals surface area (Å²) >= 11 is 0. The first-order valence-electron chi connectivity index (χ1n) is 8.89. The van der Waals surface area contributed by atoms with Crippen molar-refractivity contribution in [2.75, 3.05) is 18.6 Å². The molecule has 8 nitrogen and oxygen atoms in total. The summed E-state index contributed by atoms with van der Waals surface area (Å²) in [7, 11) is -2.50. The van der Waals surface area contributed by atoms with Gasteiger partial charge in [0, 0.05) is 6.54 Å². The van der Waals surface area contributed by atoms with Gasteiger partial charge in [-0.3, -0.25) is 4.79 Å². The van der Waals surface area contributed by atoms with Crippen LogP contribution >= 0.6 is 0 Å². The zero-order valence-electron chi connectivity index (χ0n) is 15.4. The lowest BCUT2D eigenvalue weighted by molar-refractivity contribution is -0.122. The second kappa shape index (κ2) is 7.12. The lowest BCUT2D eigenvalue weighted by atomic mass is 10.1. The van der Waals surface area contributed by atoms with Crippen molar-refractivity contribution in [3.8, 4) is 5.75 Å². The molecule has 2 saturated heterocycles. The Labute approximate surface area is 166 Å². The molecule has 2 heterocycles. The Morgan fingerprint density at radius 3 is 2.34 bits per heavy atom. The number of hydrogen-bond acceptors (Lipinski definition) is 5. The number of carbonyl (C=O) groups excluding carboxylic acids is 2. The van der Waals surface area contributed by atoms with Gasteiger partial charge in [0.1, 0.15) is 17.6 Å². The van der Waals surface area contributed by atoms with Crippen LogP contribution in [0.25, 0.3) is 0 Å². The summed E-state index contributed by atoms with van der Waals surface area (Å²) in [6.45, 7) is 0.0903. The average Bonchev–Trinajstić information content (AvgIpc) is 3.14. The Hall–Kier alpha value is -2.98. The molecule has 29 heavy (non-hydrogen) atoms. The fourth-order valence-electron chi connectivity index (χ4n) is 3.65. The molecule has 0 aliphatic carbocycles. The molecule has 0 aromatic heterocycles. The monoisotopic (exact) mass is 419 g/mol. The third-order valence-electron chi connectivity index (χ3n) is 5.09. The summed E-state index contributed by atoms with van der Waals surface area (Å²) in [6.07, 6.45) is 0.314. The number of ether oxygens (including phenoxy) is 1. The van der Waals surface area contributed by atoms with Gasteiger partial charge in [-0.25, -0.2) is 22.5 Å². The third kappa shape index (κ3) is 3.23. The van der Waals surface area contributed by atoms with Crippen LogP contribution in [-0.4, -0.2) is 50.4 Å². The quantitative estimate of drug-likeness (QED) is 0.814. The maximum absolute atomic E-state index is 13.2. The maximum atomic E-state index is 13.2. The summed E-state index contributed by atoms with van der Waals surface area (Å²) in [4.78, 5) is 26.5. The number of rotatable bonds is 4. The molecule has 0 spiro atoms. The lowest BCUT2D eigenvalue weighted by Crippen LogP contribution is -2.64. The summed E-state index contributed by atoms with van der Waals surface area (Å²) in [5.41, 5.74) is 0.168. The molecule has 10 heteroatoms. The van der Waals surface area contributed by atoms with E-state index in [1.165, 1.54) is 43.5 Å². The summed E-state index contributed by atoms with van der Waals surface area (Å²) < 4.78 is 45.7. The minimum atomic E-state index is -3.98. The fraction of sp³-hybridized carbons (Fsp3) is 0.263. The number of hydrogen-bond donors (Lipinski definition) is 1. The van der Waals surface area contributed by atoms with Gasteiger partial charge in [-0.2, -0.15) is 4.31 Å². The van der Waals surface area contributed by atoms with Crippen molar-refractivity contribution in [2.24, 2.45) is 0 Å². The molecule has 2 atom stereocenters. The molecule has 1 N–H and O–H groups in total. The largest absolute Gasteiger partial charge is 0.497 e.